The molecule has 6 heteroatoms. The van der Waals surface area contributed by atoms with Gasteiger partial charge in [0.15, 0.2) is 0 Å². The van der Waals surface area contributed by atoms with Gasteiger partial charge in [-0.15, -0.1) is 0 Å². The first kappa shape index (κ1) is 16.5. The third-order valence-electron chi connectivity index (χ3n) is 4.42. The SMILES string of the molecule is O=C(c1cccc(F)n1)N1CCC(C(O)c2ccc(F)cc2)CC1. The summed E-state index contributed by atoms with van der Waals surface area (Å²) in [5.41, 5.74) is 0.764. The second kappa shape index (κ2) is 7.05. The lowest BCUT2D eigenvalue weighted by Crippen LogP contribution is -2.40. The maximum atomic E-state index is 13.1. The second-order valence-electron chi connectivity index (χ2n) is 5.97. The number of nitrogens with zero attached hydrogens (tertiary/aromatic N) is 2. The first-order chi connectivity index (χ1) is 11.5. The monoisotopic (exact) mass is 332 g/mol. The molecular weight excluding hydrogens is 314 g/mol. The van der Waals surface area contributed by atoms with E-state index in [1.165, 1.54) is 30.3 Å². The van der Waals surface area contributed by atoms with Crippen molar-refractivity contribution < 1.29 is 18.7 Å². The molecule has 1 aromatic carbocycles. The van der Waals surface area contributed by atoms with Gasteiger partial charge in [-0.3, -0.25) is 4.79 Å². The standard InChI is InChI=1S/C18H18F2N2O2/c19-14-6-4-12(5-7-14)17(23)13-8-10-22(11-9-13)18(24)15-2-1-3-16(20)21-15/h1-7,13,17,23H,8-11H2. The summed E-state index contributed by atoms with van der Waals surface area (Å²) in [5.74, 6) is -1.32. The van der Waals surface area contributed by atoms with Crippen molar-refractivity contribution in [3.05, 3.63) is 65.5 Å². The Balaban J connectivity index is 1.61. The van der Waals surface area contributed by atoms with E-state index in [2.05, 4.69) is 4.98 Å². The number of carbonyl (C=O) groups is 1. The zero-order chi connectivity index (χ0) is 17.1. The van der Waals surface area contributed by atoms with E-state index in [1.807, 2.05) is 0 Å². The zero-order valence-corrected chi connectivity index (χ0v) is 13.0. The Hall–Kier alpha value is -2.34. The number of hydrogen-bond acceptors (Lipinski definition) is 3. The largest absolute Gasteiger partial charge is 0.388 e. The molecule has 0 bridgehead atoms. The van der Waals surface area contributed by atoms with Gasteiger partial charge in [0.2, 0.25) is 5.95 Å². The van der Waals surface area contributed by atoms with Crippen LogP contribution < -0.4 is 0 Å². The third-order valence-corrected chi connectivity index (χ3v) is 4.42. The van der Waals surface area contributed by atoms with E-state index < -0.39 is 12.1 Å². The lowest BCUT2D eigenvalue weighted by Gasteiger charge is -2.34. The molecule has 1 aliphatic rings. The molecule has 1 amide bonds. The predicted octanol–water partition coefficient (Wildman–Crippen LogP) is 2.95. The maximum absolute atomic E-state index is 13.1. The number of amides is 1. The molecule has 4 nitrogen and oxygen atoms in total. The van der Waals surface area contributed by atoms with Crippen molar-refractivity contribution in [1.29, 1.82) is 0 Å². The van der Waals surface area contributed by atoms with Gasteiger partial charge in [0.1, 0.15) is 11.5 Å². The van der Waals surface area contributed by atoms with Gasteiger partial charge in [-0.05, 0) is 48.6 Å². The van der Waals surface area contributed by atoms with Gasteiger partial charge >= 0.3 is 0 Å². The Bertz CT molecular complexity index is 713. The van der Waals surface area contributed by atoms with Gasteiger partial charge in [-0.25, -0.2) is 9.37 Å². The lowest BCUT2D eigenvalue weighted by atomic mass is 9.87. The molecule has 1 fully saturated rings. The van der Waals surface area contributed by atoms with Crippen LogP contribution in [-0.4, -0.2) is 34.0 Å². The van der Waals surface area contributed by atoms with E-state index in [0.29, 0.717) is 31.5 Å². The number of benzene rings is 1. The van der Waals surface area contributed by atoms with E-state index >= 15 is 0 Å². The summed E-state index contributed by atoms with van der Waals surface area (Å²) in [7, 11) is 0. The van der Waals surface area contributed by atoms with Gasteiger partial charge < -0.3 is 10.0 Å². The minimum Gasteiger partial charge on any atom is -0.388 e. The minimum absolute atomic E-state index is 0.0000186. The van der Waals surface area contributed by atoms with E-state index in [0.717, 1.165) is 0 Å². The van der Waals surface area contributed by atoms with E-state index in [1.54, 1.807) is 17.0 Å². The number of aromatic nitrogens is 1. The van der Waals surface area contributed by atoms with Gasteiger partial charge in [0.25, 0.3) is 5.91 Å². The highest BCUT2D eigenvalue weighted by molar-refractivity contribution is 5.92. The summed E-state index contributed by atoms with van der Waals surface area (Å²) < 4.78 is 26.1. The smallest absolute Gasteiger partial charge is 0.272 e. The van der Waals surface area contributed by atoms with Crippen LogP contribution in [-0.2, 0) is 0 Å². The van der Waals surface area contributed by atoms with Crippen molar-refractivity contribution in [3.63, 3.8) is 0 Å². The summed E-state index contributed by atoms with van der Waals surface area (Å²) in [6, 6.07) is 9.95. The summed E-state index contributed by atoms with van der Waals surface area (Å²) in [4.78, 5) is 17.6. The topological polar surface area (TPSA) is 53.4 Å². The lowest BCUT2D eigenvalue weighted by molar-refractivity contribution is 0.0457. The molecule has 0 spiro atoms. The molecule has 24 heavy (non-hydrogen) atoms. The Morgan fingerprint density at radius 1 is 1.12 bits per heavy atom. The van der Waals surface area contributed by atoms with Crippen LogP contribution in [0.1, 0.15) is 35.0 Å². The highest BCUT2D eigenvalue weighted by atomic mass is 19.1. The average Bonchev–Trinajstić information content (AvgIpc) is 2.61. The van der Waals surface area contributed by atoms with E-state index in [-0.39, 0.29) is 23.3 Å². The molecule has 0 radical (unpaired) electrons. The van der Waals surface area contributed by atoms with Gasteiger partial charge in [0, 0.05) is 13.1 Å². The van der Waals surface area contributed by atoms with Crippen molar-refractivity contribution >= 4 is 5.91 Å². The Morgan fingerprint density at radius 2 is 1.79 bits per heavy atom. The molecule has 1 atom stereocenters. The number of hydrogen-bond donors (Lipinski definition) is 1. The van der Waals surface area contributed by atoms with Crippen LogP contribution in [0.15, 0.2) is 42.5 Å². The third kappa shape index (κ3) is 3.59. The highest BCUT2D eigenvalue weighted by Crippen LogP contribution is 2.31. The number of carbonyl (C=O) groups excluding carboxylic acids is 1. The summed E-state index contributed by atoms with van der Waals surface area (Å²) in [5, 5.41) is 10.4. The number of pyridine rings is 1. The zero-order valence-electron chi connectivity index (χ0n) is 13.0. The van der Waals surface area contributed by atoms with Crippen LogP contribution in [0.3, 0.4) is 0 Å². The van der Waals surface area contributed by atoms with E-state index in [9.17, 15) is 18.7 Å². The molecule has 0 aliphatic carbocycles. The molecule has 1 saturated heterocycles. The normalized spacial score (nSPS) is 16.9. The van der Waals surface area contributed by atoms with Crippen LogP contribution in [0.5, 0.6) is 0 Å². The van der Waals surface area contributed by atoms with Crippen LogP contribution in [0.2, 0.25) is 0 Å². The quantitative estimate of drug-likeness (QED) is 0.879. The number of halogens is 2. The molecule has 1 N–H and O–H groups in total. The van der Waals surface area contributed by atoms with Crippen LogP contribution in [0.25, 0.3) is 0 Å². The average molecular weight is 332 g/mol. The number of likely N-dealkylation sites (tertiary alicyclic amines) is 1. The number of piperidine rings is 1. The van der Waals surface area contributed by atoms with Crippen LogP contribution in [0.4, 0.5) is 8.78 Å². The molecule has 2 heterocycles. The summed E-state index contributed by atoms with van der Waals surface area (Å²) in [6.07, 6.45) is 0.564. The van der Waals surface area contributed by atoms with Crippen molar-refractivity contribution in [1.82, 2.24) is 9.88 Å². The highest BCUT2D eigenvalue weighted by Gasteiger charge is 2.29. The number of rotatable bonds is 3. The van der Waals surface area contributed by atoms with Crippen LogP contribution in [0, 0.1) is 17.7 Å². The predicted molar refractivity (Wildman–Crippen MR) is 84.2 cm³/mol. The summed E-state index contributed by atoms with van der Waals surface area (Å²) >= 11 is 0. The fourth-order valence-corrected chi connectivity index (χ4v) is 3.04. The van der Waals surface area contributed by atoms with E-state index in [4.69, 9.17) is 0 Å². The Morgan fingerprint density at radius 3 is 2.42 bits per heavy atom. The first-order valence-electron chi connectivity index (χ1n) is 7.90. The van der Waals surface area contributed by atoms with Crippen molar-refractivity contribution in [2.75, 3.05) is 13.1 Å². The van der Waals surface area contributed by atoms with Crippen molar-refractivity contribution in [2.45, 2.75) is 18.9 Å². The number of aliphatic hydroxyl groups excluding tert-OH is 1. The first-order valence-corrected chi connectivity index (χ1v) is 7.90. The van der Waals surface area contributed by atoms with Crippen LogP contribution >= 0.6 is 0 Å². The molecular formula is C18H18F2N2O2. The van der Waals surface area contributed by atoms with Gasteiger partial charge in [-0.2, -0.15) is 4.39 Å². The molecule has 0 saturated carbocycles. The molecule has 2 aromatic rings. The molecule has 1 unspecified atom stereocenters. The second-order valence-corrected chi connectivity index (χ2v) is 5.97. The maximum Gasteiger partial charge on any atom is 0.272 e. The van der Waals surface area contributed by atoms with Gasteiger partial charge in [-0.1, -0.05) is 18.2 Å². The Labute approximate surface area is 138 Å². The molecule has 1 aliphatic heterocycles. The summed E-state index contributed by atoms with van der Waals surface area (Å²) in [6.45, 7) is 0.944. The Kier molecular flexibility index (Phi) is 4.85. The van der Waals surface area contributed by atoms with Gasteiger partial charge in [0.05, 0.1) is 6.10 Å². The fourth-order valence-electron chi connectivity index (χ4n) is 3.04. The van der Waals surface area contributed by atoms with Crippen molar-refractivity contribution in [2.24, 2.45) is 5.92 Å². The molecule has 1 aromatic heterocycles. The fraction of sp³-hybridized carbons (Fsp3) is 0.333. The minimum atomic E-state index is -0.685. The molecule has 3 rings (SSSR count). The molecule has 126 valence electrons. The van der Waals surface area contributed by atoms with Crippen molar-refractivity contribution in [3.8, 4) is 0 Å². The number of aliphatic hydroxyl groups is 1.